The molecule has 1 aliphatic heterocycles. The van der Waals surface area contributed by atoms with Crippen LogP contribution in [-0.4, -0.2) is 48.4 Å². The number of hydrogen-bond donors (Lipinski definition) is 0. The van der Waals surface area contributed by atoms with Crippen molar-refractivity contribution in [1.29, 1.82) is 0 Å². The van der Waals surface area contributed by atoms with Crippen LogP contribution in [0, 0.1) is 5.82 Å². The van der Waals surface area contributed by atoms with Gasteiger partial charge in [0.05, 0.1) is 17.0 Å². The maximum atomic E-state index is 13.9. The van der Waals surface area contributed by atoms with Gasteiger partial charge in [0.15, 0.2) is 9.84 Å². The molecule has 0 aliphatic carbocycles. The summed E-state index contributed by atoms with van der Waals surface area (Å²) < 4.78 is 38.6. The van der Waals surface area contributed by atoms with Crippen molar-refractivity contribution in [3.05, 3.63) is 35.8 Å². The predicted molar refractivity (Wildman–Crippen MR) is 82.0 cm³/mol. The monoisotopic (exact) mass is 324 g/mol. The van der Waals surface area contributed by atoms with Crippen molar-refractivity contribution in [2.45, 2.75) is 12.5 Å². The van der Waals surface area contributed by atoms with E-state index >= 15 is 0 Å². The quantitative estimate of drug-likeness (QED) is 0.843. The van der Waals surface area contributed by atoms with Gasteiger partial charge in [0.1, 0.15) is 11.5 Å². The Hall–Kier alpha value is -1.89. The van der Waals surface area contributed by atoms with Gasteiger partial charge < -0.3 is 9.47 Å². The maximum absolute atomic E-state index is 13.9. The molecule has 1 aromatic heterocycles. The molecular weight excluding hydrogens is 307 g/mol. The molecule has 0 N–H and O–H groups in total. The second kappa shape index (κ2) is 5.08. The fourth-order valence-electron chi connectivity index (χ4n) is 3.00. The zero-order chi connectivity index (χ0) is 16.1. The molecule has 118 valence electrons. The third kappa shape index (κ3) is 2.39. The van der Waals surface area contributed by atoms with Gasteiger partial charge in [-0.05, 0) is 18.6 Å². The van der Waals surface area contributed by atoms with Crippen molar-refractivity contribution in [2.24, 2.45) is 7.05 Å². The Morgan fingerprint density at radius 1 is 1.41 bits per heavy atom. The molecule has 1 fully saturated rings. The second-order valence-corrected chi connectivity index (χ2v) is 7.97. The van der Waals surface area contributed by atoms with Crippen molar-refractivity contribution >= 4 is 26.6 Å². The van der Waals surface area contributed by atoms with E-state index in [1.807, 2.05) is 0 Å². The number of rotatable bonds is 2. The normalized spacial score (nSPS) is 20.4. The summed E-state index contributed by atoms with van der Waals surface area (Å²) in [6.45, 7) is 0. The molecule has 1 saturated heterocycles. The summed E-state index contributed by atoms with van der Waals surface area (Å²) in [6, 6.07) is 6.01. The number of amides is 1. The molecule has 1 unspecified atom stereocenters. The number of aryl methyl sites for hydroxylation is 1. The molecule has 0 bridgehead atoms. The van der Waals surface area contributed by atoms with Gasteiger partial charge in [-0.2, -0.15) is 0 Å². The van der Waals surface area contributed by atoms with Crippen LogP contribution in [0.2, 0.25) is 0 Å². The van der Waals surface area contributed by atoms with Crippen LogP contribution in [0.1, 0.15) is 16.9 Å². The van der Waals surface area contributed by atoms with E-state index in [2.05, 4.69) is 0 Å². The number of nitrogens with zero attached hydrogens (tertiary/aromatic N) is 2. The summed E-state index contributed by atoms with van der Waals surface area (Å²) in [5.74, 6) is -0.572. The lowest BCUT2D eigenvalue weighted by Crippen LogP contribution is -2.38. The minimum atomic E-state index is -3.06. The zero-order valence-corrected chi connectivity index (χ0v) is 13.2. The number of hydrogen-bond acceptors (Lipinski definition) is 3. The van der Waals surface area contributed by atoms with E-state index in [1.165, 1.54) is 15.5 Å². The first-order valence-corrected chi connectivity index (χ1v) is 8.84. The van der Waals surface area contributed by atoms with E-state index in [9.17, 15) is 17.6 Å². The minimum absolute atomic E-state index is 0.00640. The fourth-order valence-corrected chi connectivity index (χ4v) is 4.77. The molecule has 2 heterocycles. The highest BCUT2D eigenvalue weighted by atomic mass is 32.2. The van der Waals surface area contributed by atoms with E-state index < -0.39 is 9.84 Å². The number of fused-ring (bicyclic) bond motifs is 1. The summed E-state index contributed by atoms with van der Waals surface area (Å²) in [7, 11) is 0.178. The van der Waals surface area contributed by atoms with Crippen LogP contribution in [0.15, 0.2) is 24.3 Å². The van der Waals surface area contributed by atoms with Crippen molar-refractivity contribution in [3.8, 4) is 0 Å². The van der Waals surface area contributed by atoms with E-state index in [0.717, 1.165) is 0 Å². The number of para-hydroxylation sites is 1. The van der Waals surface area contributed by atoms with E-state index in [0.29, 0.717) is 23.0 Å². The number of benzene rings is 1. The molecule has 1 aromatic carbocycles. The number of sulfone groups is 1. The Balaban J connectivity index is 1.96. The van der Waals surface area contributed by atoms with Gasteiger partial charge >= 0.3 is 0 Å². The third-order valence-electron chi connectivity index (χ3n) is 4.30. The standard InChI is InChI=1S/C15H17FN2O3S/c1-17(11-6-7-22(20,21)9-11)15(19)13-8-10-4-3-5-12(16)14(10)18(13)2/h3-5,8,11H,6-7,9H2,1-2H3. The van der Waals surface area contributed by atoms with Gasteiger partial charge in [-0.25, -0.2) is 12.8 Å². The molecular formula is C15H17FN2O3S. The van der Waals surface area contributed by atoms with E-state index in [4.69, 9.17) is 0 Å². The summed E-state index contributed by atoms with van der Waals surface area (Å²) in [6.07, 6.45) is 0.447. The maximum Gasteiger partial charge on any atom is 0.270 e. The van der Waals surface area contributed by atoms with Crippen LogP contribution >= 0.6 is 0 Å². The smallest absolute Gasteiger partial charge is 0.270 e. The molecule has 2 aromatic rings. The van der Waals surface area contributed by atoms with Crippen LogP contribution < -0.4 is 0 Å². The third-order valence-corrected chi connectivity index (χ3v) is 6.05. The molecule has 5 nitrogen and oxygen atoms in total. The molecule has 0 spiro atoms. The van der Waals surface area contributed by atoms with Crippen LogP contribution in [-0.2, 0) is 16.9 Å². The fraction of sp³-hybridized carbons (Fsp3) is 0.400. The molecule has 0 radical (unpaired) electrons. The highest BCUT2D eigenvalue weighted by Crippen LogP contribution is 2.24. The Morgan fingerprint density at radius 2 is 2.14 bits per heavy atom. The summed E-state index contributed by atoms with van der Waals surface area (Å²) >= 11 is 0. The van der Waals surface area contributed by atoms with Gasteiger partial charge in [0.2, 0.25) is 0 Å². The van der Waals surface area contributed by atoms with Crippen LogP contribution in [0.4, 0.5) is 4.39 Å². The first-order valence-electron chi connectivity index (χ1n) is 7.02. The molecule has 22 heavy (non-hydrogen) atoms. The molecule has 7 heteroatoms. The minimum Gasteiger partial charge on any atom is -0.337 e. The number of aromatic nitrogens is 1. The van der Waals surface area contributed by atoms with Crippen molar-refractivity contribution in [2.75, 3.05) is 18.6 Å². The molecule has 1 aliphatic rings. The Labute approximate surface area is 128 Å². The average molecular weight is 324 g/mol. The van der Waals surface area contributed by atoms with Gasteiger partial charge in [-0.1, -0.05) is 12.1 Å². The summed E-state index contributed by atoms with van der Waals surface area (Å²) in [4.78, 5) is 14.1. The Morgan fingerprint density at radius 3 is 2.73 bits per heavy atom. The average Bonchev–Trinajstić information content (AvgIpc) is 2.98. The summed E-state index contributed by atoms with van der Waals surface area (Å²) in [5.41, 5.74) is 0.727. The van der Waals surface area contributed by atoms with E-state index in [1.54, 1.807) is 32.3 Å². The lowest BCUT2D eigenvalue weighted by Gasteiger charge is -2.23. The van der Waals surface area contributed by atoms with Crippen molar-refractivity contribution in [3.63, 3.8) is 0 Å². The molecule has 1 amide bonds. The molecule has 1 atom stereocenters. The highest BCUT2D eigenvalue weighted by molar-refractivity contribution is 7.91. The molecule has 0 saturated carbocycles. The van der Waals surface area contributed by atoms with Crippen molar-refractivity contribution in [1.82, 2.24) is 9.47 Å². The Kier molecular flexibility index (Phi) is 3.47. The zero-order valence-electron chi connectivity index (χ0n) is 12.4. The predicted octanol–water partition coefficient (Wildman–Crippen LogP) is 1.58. The lowest BCUT2D eigenvalue weighted by molar-refractivity contribution is 0.0738. The first kappa shape index (κ1) is 15.0. The van der Waals surface area contributed by atoms with Crippen molar-refractivity contribution < 1.29 is 17.6 Å². The largest absolute Gasteiger partial charge is 0.337 e. The SMILES string of the molecule is CN(C(=O)c1cc2cccc(F)c2n1C)C1CCS(=O)(=O)C1. The summed E-state index contributed by atoms with van der Waals surface area (Å²) in [5, 5.41) is 0.651. The van der Waals surface area contributed by atoms with Gasteiger partial charge in [0, 0.05) is 25.5 Å². The van der Waals surface area contributed by atoms with Crippen LogP contribution in [0.5, 0.6) is 0 Å². The molecule has 3 rings (SSSR count). The van der Waals surface area contributed by atoms with Gasteiger partial charge in [-0.3, -0.25) is 4.79 Å². The van der Waals surface area contributed by atoms with E-state index in [-0.39, 0.29) is 29.3 Å². The van der Waals surface area contributed by atoms with Crippen LogP contribution in [0.3, 0.4) is 0 Å². The van der Waals surface area contributed by atoms with Gasteiger partial charge in [-0.15, -0.1) is 0 Å². The first-order chi connectivity index (χ1) is 10.3. The number of carbonyl (C=O) groups excluding carboxylic acids is 1. The highest BCUT2D eigenvalue weighted by Gasteiger charge is 2.33. The number of halogens is 1. The van der Waals surface area contributed by atoms with Crippen LogP contribution in [0.25, 0.3) is 10.9 Å². The topological polar surface area (TPSA) is 59.4 Å². The lowest BCUT2D eigenvalue weighted by atomic mass is 10.2. The number of carbonyl (C=O) groups is 1. The van der Waals surface area contributed by atoms with Gasteiger partial charge in [0.25, 0.3) is 5.91 Å². The second-order valence-electron chi connectivity index (χ2n) is 5.74. The Bertz CT molecular complexity index is 857.